The molecule has 6 heteroatoms. The molecule has 1 N–H and O–H groups in total. The first kappa shape index (κ1) is 13.3. The average Bonchev–Trinajstić information content (AvgIpc) is 3.11. The second-order valence-electron chi connectivity index (χ2n) is 6.17. The molecule has 0 saturated heterocycles. The molecule has 0 aliphatic heterocycles. The molecular weight excluding hydrogens is 280 g/mol. The van der Waals surface area contributed by atoms with Crippen molar-refractivity contribution in [2.45, 2.75) is 38.6 Å². The molecule has 22 heavy (non-hydrogen) atoms. The Morgan fingerprint density at radius 1 is 1.14 bits per heavy atom. The molecule has 0 atom stereocenters. The lowest BCUT2D eigenvalue weighted by Gasteiger charge is -2.11. The molecule has 3 aromatic rings. The molecular formula is C16H18N4O2. The van der Waals surface area contributed by atoms with E-state index in [4.69, 9.17) is 0 Å². The Hall–Kier alpha value is -2.37. The largest absolute Gasteiger partial charge is 0.329 e. The third-order valence-corrected chi connectivity index (χ3v) is 4.88. The van der Waals surface area contributed by atoms with Gasteiger partial charge in [-0.2, -0.15) is 5.10 Å². The third kappa shape index (κ3) is 1.70. The summed E-state index contributed by atoms with van der Waals surface area (Å²) in [4.78, 5) is 24.7. The maximum absolute atomic E-state index is 12.6. The standard InChI is InChI=1S/C16H18N4O2/c1-9-11-7-13-14(8-12(11)15(21)18-17-9)20(16(22)19(13)2)10-5-3-4-6-10/h7-8,10H,3-6H2,1-2H3,(H,18,21). The fourth-order valence-electron chi connectivity index (χ4n) is 3.66. The van der Waals surface area contributed by atoms with Crippen molar-refractivity contribution in [2.24, 2.45) is 7.05 Å². The molecule has 1 aliphatic carbocycles. The van der Waals surface area contributed by atoms with Crippen molar-refractivity contribution in [2.75, 3.05) is 0 Å². The van der Waals surface area contributed by atoms with E-state index in [2.05, 4.69) is 10.2 Å². The summed E-state index contributed by atoms with van der Waals surface area (Å²) in [6, 6.07) is 4.00. The van der Waals surface area contributed by atoms with Crippen LogP contribution in [0.1, 0.15) is 37.4 Å². The van der Waals surface area contributed by atoms with Crippen LogP contribution in [0.4, 0.5) is 0 Å². The van der Waals surface area contributed by atoms with Crippen LogP contribution < -0.4 is 11.2 Å². The summed E-state index contributed by atoms with van der Waals surface area (Å²) in [6.45, 7) is 1.86. The van der Waals surface area contributed by atoms with Gasteiger partial charge in [-0.15, -0.1) is 0 Å². The number of hydrogen-bond acceptors (Lipinski definition) is 3. The van der Waals surface area contributed by atoms with E-state index in [1.165, 1.54) is 0 Å². The molecule has 1 saturated carbocycles. The summed E-state index contributed by atoms with van der Waals surface area (Å²) in [5, 5.41) is 7.93. The van der Waals surface area contributed by atoms with Crippen LogP contribution in [-0.4, -0.2) is 19.3 Å². The van der Waals surface area contributed by atoms with Crippen LogP contribution in [0.15, 0.2) is 21.7 Å². The number of benzene rings is 1. The zero-order valence-electron chi connectivity index (χ0n) is 12.7. The Kier molecular flexibility index (Phi) is 2.76. The number of fused-ring (bicyclic) bond motifs is 2. The number of H-pyrrole nitrogens is 1. The first-order chi connectivity index (χ1) is 10.6. The Morgan fingerprint density at radius 2 is 1.82 bits per heavy atom. The highest BCUT2D eigenvalue weighted by Gasteiger charge is 2.23. The van der Waals surface area contributed by atoms with Gasteiger partial charge >= 0.3 is 5.69 Å². The number of aryl methyl sites for hydroxylation is 2. The summed E-state index contributed by atoms with van der Waals surface area (Å²) in [5.74, 6) is 0. The first-order valence-corrected chi connectivity index (χ1v) is 7.68. The number of aromatic amines is 1. The maximum Gasteiger partial charge on any atom is 0.329 e. The fourth-order valence-corrected chi connectivity index (χ4v) is 3.66. The van der Waals surface area contributed by atoms with Gasteiger partial charge in [-0.25, -0.2) is 9.89 Å². The van der Waals surface area contributed by atoms with Crippen LogP contribution in [0.5, 0.6) is 0 Å². The topological polar surface area (TPSA) is 72.7 Å². The van der Waals surface area contributed by atoms with Crippen LogP contribution in [0.2, 0.25) is 0 Å². The molecule has 0 spiro atoms. The third-order valence-electron chi connectivity index (χ3n) is 4.88. The van der Waals surface area contributed by atoms with Gasteiger partial charge in [0.15, 0.2) is 0 Å². The van der Waals surface area contributed by atoms with Crippen molar-refractivity contribution >= 4 is 21.8 Å². The number of imidazole rings is 1. The van der Waals surface area contributed by atoms with Gasteiger partial charge < -0.3 is 0 Å². The monoisotopic (exact) mass is 298 g/mol. The fraction of sp³-hybridized carbons (Fsp3) is 0.438. The normalized spacial score (nSPS) is 16.1. The number of nitrogens with zero attached hydrogens (tertiary/aromatic N) is 3. The number of aromatic nitrogens is 4. The molecule has 6 nitrogen and oxygen atoms in total. The van der Waals surface area contributed by atoms with Gasteiger partial charge in [0.25, 0.3) is 5.56 Å². The van der Waals surface area contributed by atoms with Gasteiger partial charge in [0, 0.05) is 18.5 Å². The Balaban J connectivity index is 2.16. The molecule has 1 aromatic carbocycles. The molecule has 1 aliphatic rings. The average molecular weight is 298 g/mol. The SMILES string of the molecule is Cc1n[nH]c(=O)c2cc3c(cc12)n(C)c(=O)n3C1CCCC1. The van der Waals surface area contributed by atoms with Crippen molar-refractivity contribution in [3.8, 4) is 0 Å². The molecule has 114 valence electrons. The second kappa shape index (κ2) is 4.56. The predicted octanol–water partition coefficient (Wildman–Crippen LogP) is 2.00. The quantitative estimate of drug-likeness (QED) is 0.747. The lowest BCUT2D eigenvalue weighted by atomic mass is 10.1. The van der Waals surface area contributed by atoms with Crippen LogP contribution in [0.3, 0.4) is 0 Å². The van der Waals surface area contributed by atoms with Gasteiger partial charge in [0.2, 0.25) is 0 Å². The van der Waals surface area contributed by atoms with Crippen molar-refractivity contribution in [3.63, 3.8) is 0 Å². The summed E-state index contributed by atoms with van der Waals surface area (Å²) < 4.78 is 3.55. The van der Waals surface area contributed by atoms with E-state index in [1.54, 1.807) is 11.6 Å². The van der Waals surface area contributed by atoms with Gasteiger partial charge in [-0.05, 0) is 31.9 Å². The van der Waals surface area contributed by atoms with Gasteiger partial charge in [-0.3, -0.25) is 13.9 Å². The second-order valence-corrected chi connectivity index (χ2v) is 6.17. The summed E-state index contributed by atoms with van der Waals surface area (Å²) >= 11 is 0. The zero-order valence-corrected chi connectivity index (χ0v) is 12.7. The Morgan fingerprint density at radius 3 is 2.55 bits per heavy atom. The van der Waals surface area contributed by atoms with Crippen molar-refractivity contribution < 1.29 is 0 Å². The predicted molar refractivity (Wildman–Crippen MR) is 85.3 cm³/mol. The van der Waals surface area contributed by atoms with Gasteiger partial charge in [0.1, 0.15) is 0 Å². The molecule has 0 amide bonds. The van der Waals surface area contributed by atoms with E-state index in [-0.39, 0.29) is 17.3 Å². The molecule has 1 fully saturated rings. The highest BCUT2D eigenvalue weighted by atomic mass is 16.2. The van der Waals surface area contributed by atoms with E-state index in [0.717, 1.165) is 47.8 Å². The maximum atomic E-state index is 12.6. The van der Waals surface area contributed by atoms with E-state index in [9.17, 15) is 9.59 Å². The minimum atomic E-state index is -0.211. The van der Waals surface area contributed by atoms with E-state index < -0.39 is 0 Å². The minimum absolute atomic E-state index is 0.000697. The van der Waals surface area contributed by atoms with E-state index in [1.807, 2.05) is 23.6 Å². The van der Waals surface area contributed by atoms with Crippen LogP contribution in [-0.2, 0) is 7.05 Å². The summed E-state index contributed by atoms with van der Waals surface area (Å²) in [6.07, 6.45) is 4.38. The highest BCUT2D eigenvalue weighted by molar-refractivity contribution is 5.96. The van der Waals surface area contributed by atoms with Gasteiger partial charge in [-0.1, -0.05) is 12.8 Å². The lowest BCUT2D eigenvalue weighted by Crippen LogP contribution is -2.24. The number of nitrogens with one attached hydrogen (secondary N) is 1. The van der Waals surface area contributed by atoms with E-state index in [0.29, 0.717) is 5.39 Å². The molecule has 2 aromatic heterocycles. The summed E-state index contributed by atoms with van der Waals surface area (Å²) in [5.41, 5.74) is 2.26. The van der Waals surface area contributed by atoms with Crippen LogP contribution in [0, 0.1) is 6.92 Å². The molecule has 0 bridgehead atoms. The summed E-state index contributed by atoms with van der Waals surface area (Å²) in [7, 11) is 1.79. The zero-order chi connectivity index (χ0) is 15.4. The molecule has 0 radical (unpaired) electrons. The van der Waals surface area contributed by atoms with Crippen molar-refractivity contribution in [1.82, 2.24) is 19.3 Å². The highest BCUT2D eigenvalue weighted by Crippen LogP contribution is 2.32. The lowest BCUT2D eigenvalue weighted by molar-refractivity contribution is 0.509. The van der Waals surface area contributed by atoms with E-state index >= 15 is 0 Å². The number of hydrogen-bond donors (Lipinski definition) is 1. The van der Waals surface area contributed by atoms with Crippen LogP contribution >= 0.6 is 0 Å². The first-order valence-electron chi connectivity index (χ1n) is 7.68. The van der Waals surface area contributed by atoms with Crippen molar-refractivity contribution in [3.05, 3.63) is 38.7 Å². The Bertz CT molecular complexity index is 1000. The van der Waals surface area contributed by atoms with Crippen LogP contribution in [0.25, 0.3) is 21.8 Å². The molecule has 0 unspecified atom stereocenters. The Labute approximate surface area is 126 Å². The molecule has 4 rings (SSSR count). The minimum Gasteiger partial charge on any atom is -0.295 e. The number of rotatable bonds is 1. The smallest absolute Gasteiger partial charge is 0.295 e. The van der Waals surface area contributed by atoms with Crippen molar-refractivity contribution in [1.29, 1.82) is 0 Å². The molecule has 2 heterocycles. The van der Waals surface area contributed by atoms with Gasteiger partial charge in [0.05, 0.1) is 22.1 Å².